The summed E-state index contributed by atoms with van der Waals surface area (Å²) in [6.07, 6.45) is 7.57. The maximum Gasteiger partial charge on any atom is 0.128 e. The van der Waals surface area contributed by atoms with Gasteiger partial charge in [0, 0.05) is 68.6 Å². The third-order valence-corrected chi connectivity index (χ3v) is 8.13. The van der Waals surface area contributed by atoms with Crippen molar-refractivity contribution >= 4 is 12.4 Å². The molecular weight excluding hydrogens is 644 g/mol. The minimum atomic E-state index is -0.179. The fourth-order valence-electron chi connectivity index (χ4n) is 5.31. The van der Waals surface area contributed by atoms with Gasteiger partial charge in [0.05, 0.1) is 12.1 Å². The van der Waals surface area contributed by atoms with Crippen LogP contribution in [0.25, 0.3) is 0 Å². The van der Waals surface area contributed by atoms with E-state index >= 15 is 0 Å². The number of nitrogens with zero attached hydrogens (tertiary/aromatic N) is 2. The normalized spacial score (nSPS) is 17.5. The molecule has 0 aliphatic heterocycles. The fraction of sp³-hybridized carbons (Fsp3) is 0.667. The van der Waals surface area contributed by atoms with Gasteiger partial charge in [-0.25, -0.2) is 0 Å². The Balaban J connectivity index is 0.00000230. The molecule has 2 aromatic rings. The van der Waals surface area contributed by atoms with Gasteiger partial charge in [-0.2, -0.15) is 0 Å². The zero-order valence-corrected chi connectivity index (χ0v) is 35.3. The Morgan fingerprint density at radius 2 is 0.816 bits per heavy atom. The minimum Gasteiger partial charge on any atom is -0.507 e. The molecule has 3 rings (SSSR count). The van der Waals surface area contributed by atoms with Crippen molar-refractivity contribution in [1.82, 2.24) is 0 Å². The molecule has 49 heavy (non-hydrogen) atoms. The molecule has 1 aliphatic rings. The van der Waals surface area contributed by atoms with Gasteiger partial charge in [-0.1, -0.05) is 108 Å². The second kappa shape index (κ2) is 19.0. The molecule has 0 spiro atoms. The Morgan fingerprint density at radius 1 is 0.551 bits per heavy atom. The Kier molecular flexibility index (Phi) is 18.2. The smallest absolute Gasteiger partial charge is 0.128 e. The van der Waals surface area contributed by atoms with Crippen molar-refractivity contribution in [3.05, 3.63) is 57.6 Å². The van der Waals surface area contributed by atoms with Gasteiger partial charge in [0.2, 0.25) is 0 Å². The standard InChI is InChI=1S/C36H54N2O2.2C3H8O.Ti/c1-33(2,3)25-17-23(31(39)27(19-25)35(7,8)9)21-37-29-15-13-14-16-30(29)38-22-24-18-26(34(4,5)6)20-28(32(24)40)36(10,11)12;2*1-3(2)4;/h17-22,29-30,39-40H,13-16H2,1-12H3;2*3-4H,1-2H3;/t29-,30+;;;. The van der Waals surface area contributed by atoms with E-state index in [9.17, 15) is 10.2 Å². The van der Waals surface area contributed by atoms with Crippen LogP contribution in [0.1, 0.15) is 170 Å². The molecule has 0 aromatic heterocycles. The summed E-state index contributed by atoms with van der Waals surface area (Å²) in [4.78, 5) is 10.1. The summed E-state index contributed by atoms with van der Waals surface area (Å²) in [6.45, 7) is 32.9. The number of benzene rings is 2. The van der Waals surface area contributed by atoms with Crippen LogP contribution in [-0.4, -0.2) is 57.1 Å². The van der Waals surface area contributed by atoms with Crippen molar-refractivity contribution in [2.24, 2.45) is 9.98 Å². The van der Waals surface area contributed by atoms with Gasteiger partial charge >= 0.3 is 0 Å². The van der Waals surface area contributed by atoms with E-state index in [-0.39, 0.29) is 67.7 Å². The summed E-state index contributed by atoms with van der Waals surface area (Å²) in [5, 5.41) is 38.6. The molecule has 0 heterocycles. The van der Waals surface area contributed by atoms with Gasteiger partial charge < -0.3 is 20.4 Å². The van der Waals surface area contributed by atoms with Gasteiger partial charge in [0.25, 0.3) is 0 Å². The molecular formula is C42H70N2O4Ti. The van der Waals surface area contributed by atoms with E-state index in [4.69, 9.17) is 20.2 Å². The van der Waals surface area contributed by atoms with Gasteiger partial charge in [-0.05, 0) is 85.5 Å². The number of hydrogen-bond donors (Lipinski definition) is 4. The van der Waals surface area contributed by atoms with Crippen LogP contribution >= 0.6 is 0 Å². The molecule has 0 radical (unpaired) electrons. The zero-order chi connectivity index (χ0) is 37.4. The number of phenolic OH excluding ortho intramolecular Hbond substituents is 2. The van der Waals surface area contributed by atoms with Crippen molar-refractivity contribution in [3.8, 4) is 11.5 Å². The summed E-state index contributed by atoms with van der Waals surface area (Å²) in [7, 11) is 0. The van der Waals surface area contributed by atoms with Crippen LogP contribution in [0.5, 0.6) is 11.5 Å². The summed E-state index contributed by atoms with van der Waals surface area (Å²) in [5.41, 5.74) is 5.39. The first-order valence-corrected chi connectivity index (χ1v) is 17.8. The van der Waals surface area contributed by atoms with Crippen LogP contribution in [0.2, 0.25) is 0 Å². The molecule has 2 atom stereocenters. The maximum absolute atomic E-state index is 11.2. The summed E-state index contributed by atoms with van der Waals surface area (Å²) < 4.78 is 0. The van der Waals surface area contributed by atoms with Crippen molar-refractivity contribution in [1.29, 1.82) is 0 Å². The topological polar surface area (TPSA) is 106 Å². The molecule has 6 nitrogen and oxygen atoms in total. The Morgan fingerprint density at radius 3 is 1.04 bits per heavy atom. The van der Waals surface area contributed by atoms with Gasteiger partial charge in [0.1, 0.15) is 11.5 Å². The second-order valence-corrected chi connectivity index (χ2v) is 18.1. The van der Waals surface area contributed by atoms with Crippen molar-refractivity contribution < 1.29 is 42.1 Å². The van der Waals surface area contributed by atoms with Crippen molar-refractivity contribution in [2.75, 3.05) is 0 Å². The summed E-state index contributed by atoms with van der Waals surface area (Å²) in [6, 6.07) is 8.53. The minimum absolute atomic E-state index is 0. The number of hydrogen-bond acceptors (Lipinski definition) is 6. The van der Waals surface area contributed by atoms with Crippen LogP contribution in [-0.2, 0) is 43.4 Å². The monoisotopic (exact) mass is 714 g/mol. The fourth-order valence-corrected chi connectivity index (χ4v) is 5.31. The number of aromatic hydroxyl groups is 2. The molecule has 1 aliphatic carbocycles. The maximum atomic E-state index is 11.2. The van der Waals surface area contributed by atoms with E-state index in [1.54, 1.807) is 27.7 Å². The predicted octanol–water partition coefficient (Wildman–Crippen LogP) is 9.91. The van der Waals surface area contributed by atoms with Crippen LogP contribution in [0.15, 0.2) is 34.3 Å². The van der Waals surface area contributed by atoms with E-state index < -0.39 is 0 Å². The SMILES string of the molecule is CC(C)(C)c1cc(C=N[C@H]2CCCC[C@H]2N=Cc2cc(C(C)(C)C)cc(C(C)(C)C)c2O)c(O)c(C(C)(C)C)c1.CC(C)O.CC(C)O.[Ti]. The number of aliphatic imine (C=N–C) groups is 2. The average Bonchev–Trinajstić information content (AvgIpc) is 2.89. The second-order valence-electron chi connectivity index (χ2n) is 18.1. The molecule has 0 saturated heterocycles. The van der Waals surface area contributed by atoms with E-state index in [0.717, 1.165) is 47.9 Å². The molecule has 0 amide bonds. The van der Waals surface area contributed by atoms with Crippen LogP contribution < -0.4 is 0 Å². The largest absolute Gasteiger partial charge is 0.507 e. The Hall–Kier alpha value is -1.99. The van der Waals surface area contributed by atoms with Gasteiger partial charge in [0.15, 0.2) is 0 Å². The molecule has 0 bridgehead atoms. The first-order chi connectivity index (χ1) is 21.7. The third kappa shape index (κ3) is 15.8. The first-order valence-electron chi connectivity index (χ1n) is 17.8. The number of aliphatic hydroxyl groups is 2. The molecule has 4 N–H and O–H groups in total. The van der Waals surface area contributed by atoms with Gasteiger partial charge in [-0.3, -0.25) is 9.98 Å². The van der Waals surface area contributed by atoms with Crippen molar-refractivity contribution in [3.63, 3.8) is 0 Å². The first kappa shape index (κ1) is 47.0. The predicted molar refractivity (Wildman–Crippen MR) is 207 cm³/mol. The summed E-state index contributed by atoms with van der Waals surface area (Å²) in [5.74, 6) is 0.637. The molecule has 1 saturated carbocycles. The van der Waals surface area contributed by atoms with E-state index in [1.165, 1.54) is 11.1 Å². The number of phenols is 2. The number of rotatable bonds is 4. The quantitative estimate of drug-likeness (QED) is 0.187. The molecule has 1 fully saturated rings. The molecule has 0 unspecified atom stereocenters. The van der Waals surface area contributed by atoms with Crippen LogP contribution in [0.4, 0.5) is 0 Å². The molecule has 276 valence electrons. The molecule has 7 heteroatoms. The summed E-state index contributed by atoms with van der Waals surface area (Å²) >= 11 is 0. The van der Waals surface area contributed by atoms with E-state index in [2.05, 4.69) is 107 Å². The van der Waals surface area contributed by atoms with Crippen LogP contribution in [0.3, 0.4) is 0 Å². The van der Waals surface area contributed by atoms with Crippen molar-refractivity contribution in [2.45, 2.75) is 182 Å². The number of aliphatic hydroxyl groups excluding tert-OH is 2. The molecule has 2 aromatic carbocycles. The Bertz CT molecular complexity index is 1260. The van der Waals surface area contributed by atoms with E-state index in [0.29, 0.717) is 11.5 Å². The third-order valence-electron chi connectivity index (χ3n) is 8.13. The van der Waals surface area contributed by atoms with Crippen LogP contribution in [0, 0.1) is 0 Å². The average molecular weight is 715 g/mol. The van der Waals surface area contributed by atoms with Gasteiger partial charge in [-0.15, -0.1) is 0 Å². The van der Waals surface area contributed by atoms with E-state index in [1.807, 2.05) is 12.4 Å². The Labute approximate surface area is 314 Å². The zero-order valence-electron chi connectivity index (χ0n) is 33.8.